The van der Waals surface area contributed by atoms with E-state index in [2.05, 4.69) is 10.3 Å². The number of hydrogen-bond acceptors (Lipinski definition) is 2. The molecule has 16 heavy (non-hydrogen) atoms. The van der Waals surface area contributed by atoms with Gasteiger partial charge in [0.1, 0.15) is 0 Å². The van der Waals surface area contributed by atoms with Crippen molar-refractivity contribution in [3.8, 4) is 0 Å². The first kappa shape index (κ1) is 13.0. The number of nitrogens with one attached hydrogen (secondary N) is 1. The van der Waals surface area contributed by atoms with Crippen LogP contribution in [0.3, 0.4) is 0 Å². The summed E-state index contributed by atoms with van der Waals surface area (Å²) in [5.41, 5.74) is 1.59. The van der Waals surface area contributed by atoms with Gasteiger partial charge in [0.05, 0.1) is 5.56 Å². The van der Waals surface area contributed by atoms with Crippen molar-refractivity contribution in [3.63, 3.8) is 0 Å². The van der Waals surface area contributed by atoms with E-state index in [-0.39, 0.29) is 11.9 Å². The average molecular weight is 241 g/mol. The minimum Gasteiger partial charge on any atom is -0.349 e. The van der Waals surface area contributed by atoms with E-state index in [4.69, 9.17) is 11.6 Å². The normalized spacial score (nSPS) is 12.2. The minimum absolute atomic E-state index is 0.0758. The third-order valence-corrected chi connectivity index (χ3v) is 2.64. The number of halogens is 1. The molecule has 0 aliphatic heterocycles. The Labute approximate surface area is 101 Å². The molecule has 0 aromatic carbocycles. The van der Waals surface area contributed by atoms with Gasteiger partial charge < -0.3 is 5.32 Å². The molecule has 0 bridgehead atoms. The number of aryl methyl sites for hydroxylation is 1. The molecule has 0 radical (unpaired) electrons. The molecule has 1 amide bonds. The molecule has 1 atom stereocenters. The zero-order valence-corrected chi connectivity index (χ0v) is 10.4. The van der Waals surface area contributed by atoms with Gasteiger partial charge in [-0.2, -0.15) is 0 Å². The van der Waals surface area contributed by atoms with Crippen LogP contribution in [0.4, 0.5) is 0 Å². The SMILES string of the molecule is CCC(CCCl)NC(=O)c1cncc(C)c1. The van der Waals surface area contributed by atoms with Crippen molar-refractivity contribution in [3.05, 3.63) is 29.6 Å². The van der Waals surface area contributed by atoms with Gasteiger partial charge in [0.15, 0.2) is 0 Å². The molecule has 0 saturated heterocycles. The van der Waals surface area contributed by atoms with Crippen LogP contribution in [0.2, 0.25) is 0 Å². The van der Waals surface area contributed by atoms with Gasteiger partial charge >= 0.3 is 0 Å². The van der Waals surface area contributed by atoms with Crippen molar-refractivity contribution in [1.29, 1.82) is 0 Å². The van der Waals surface area contributed by atoms with E-state index < -0.39 is 0 Å². The quantitative estimate of drug-likeness (QED) is 0.804. The fourth-order valence-electron chi connectivity index (χ4n) is 1.46. The summed E-state index contributed by atoms with van der Waals surface area (Å²) in [4.78, 5) is 15.8. The average Bonchev–Trinajstić information content (AvgIpc) is 2.28. The number of hydrogen-bond donors (Lipinski definition) is 1. The highest BCUT2D eigenvalue weighted by molar-refractivity contribution is 6.17. The number of carbonyl (C=O) groups excluding carboxylic acids is 1. The predicted octanol–water partition coefficient (Wildman–Crippen LogP) is 2.53. The second-order valence-corrected chi connectivity index (χ2v) is 4.19. The maximum absolute atomic E-state index is 11.8. The lowest BCUT2D eigenvalue weighted by atomic mass is 10.1. The van der Waals surface area contributed by atoms with Crippen LogP contribution in [0, 0.1) is 6.92 Å². The molecule has 3 nitrogen and oxygen atoms in total. The lowest BCUT2D eigenvalue weighted by Gasteiger charge is -2.15. The monoisotopic (exact) mass is 240 g/mol. The van der Waals surface area contributed by atoms with Crippen molar-refractivity contribution >= 4 is 17.5 Å². The van der Waals surface area contributed by atoms with Crippen molar-refractivity contribution in [2.24, 2.45) is 0 Å². The number of amides is 1. The van der Waals surface area contributed by atoms with Gasteiger partial charge in [-0.25, -0.2) is 0 Å². The fraction of sp³-hybridized carbons (Fsp3) is 0.500. The van der Waals surface area contributed by atoms with Gasteiger partial charge in [-0.15, -0.1) is 11.6 Å². The molecule has 1 N–H and O–H groups in total. The van der Waals surface area contributed by atoms with Gasteiger partial charge in [-0.1, -0.05) is 6.92 Å². The summed E-state index contributed by atoms with van der Waals surface area (Å²) in [6.45, 7) is 3.95. The second-order valence-electron chi connectivity index (χ2n) is 3.81. The molecule has 0 aliphatic carbocycles. The largest absolute Gasteiger partial charge is 0.349 e. The third kappa shape index (κ3) is 3.81. The highest BCUT2D eigenvalue weighted by atomic mass is 35.5. The van der Waals surface area contributed by atoms with E-state index in [1.165, 1.54) is 0 Å². The summed E-state index contributed by atoms with van der Waals surface area (Å²) in [6, 6.07) is 1.97. The molecule has 88 valence electrons. The molecule has 1 unspecified atom stereocenters. The Kier molecular flexibility index (Phi) is 5.26. The first-order valence-electron chi connectivity index (χ1n) is 5.45. The van der Waals surface area contributed by atoms with Crippen molar-refractivity contribution in [1.82, 2.24) is 10.3 Å². The summed E-state index contributed by atoms with van der Waals surface area (Å²) in [5, 5.41) is 2.95. The second kappa shape index (κ2) is 6.48. The van der Waals surface area contributed by atoms with E-state index in [0.717, 1.165) is 18.4 Å². The van der Waals surface area contributed by atoms with Gasteiger partial charge in [0.2, 0.25) is 0 Å². The van der Waals surface area contributed by atoms with Gasteiger partial charge in [0.25, 0.3) is 5.91 Å². The number of alkyl halides is 1. The van der Waals surface area contributed by atoms with E-state index >= 15 is 0 Å². The predicted molar refractivity (Wildman–Crippen MR) is 65.9 cm³/mol. The van der Waals surface area contributed by atoms with Crippen LogP contribution in [-0.2, 0) is 0 Å². The van der Waals surface area contributed by atoms with Gasteiger partial charge in [0, 0.05) is 24.3 Å². The molecule has 1 aromatic heterocycles. The Balaban J connectivity index is 2.64. The van der Waals surface area contributed by atoms with Crippen molar-refractivity contribution in [2.45, 2.75) is 32.7 Å². The maximum atomic E-state index is 11.8. The summed E-state index contributed by atoms with van der Waals surface area (Å²) in [7, 11) is 0. The molecular weight excluding hydrogens is 224 g/mol. The Morgan fingerprint density at radius 3 is 2.88 bits per heavy atom. The Bertz CT molecular complexity index is 355. The van der Waals surface area contributed by atoms with Crippen LogP contribution in [0.5, 0.6) is 0 Å². The first-order valence-corrected chi connectivity index (χ1v) is 5.99. The first-order chi connectivity index (χ1) is 7.67. The molecular formula is C12H17ClN2O. The molecule has 0 spiro atoms. The Hall–Kier alpha value is -1.09. The molecule has 1 heterocycles. The third-order valence-electron chi connectivity index (χ3n) is 2.42. The summed E-state index contributed by atoms with van der Waals surface area (Å²) in [6.07, 6.45) is 4.99. The highest BCUT2D eigenvalue weighted by Crippen LogP contribution is 2.04. The maximum Gasteiger partial charge on any atom is 0.253 e. The van der Waals surface area contributed by atoms with E-state index in [1.807, 2.05) is 19.9 Å². The van der Waals surface area contributed by atoms with Crippen LogP contribution in [0.15, 0.2) is 18.5 Å². The van der Waals surface area contributed by atoms with Crippen molar-refractivity contribution in [2.75, 3.05) is 5.88 Å². The summed E-state index contributed by atoms with van der Waals surface area (Å²) in [5.74, 6) is 0.485. The van der Waals surface area contributed by atoms with E-state index in [0.29, 0.717) is 11.4 Å². The molecule has 0 fully saturated rings. The molecule has 0 aliphatic rings. The van der Waals surface area contributed by atoms with Gasteiger partial charge in [-0.3, -0.25) is 9.78 Å². The number of carbonyl (C=O) groups is 1. The standard InChI is InChI=1S/C12H17ClN2O/c1-3-11(4-5-13)15-12(16)10-6-9(2)7-14-8-10/h6-8,11H,3-5H2,1-2H3,(H,15,16). The fourth-order valence-corrected chi connectivity index (χ4v) is 1.72. The number of pyridine rings is 1. The van der Waals surface area contributed by atoms with Gasteiger partial charge in [-0.05, 0) is 31.4 Å². The van der Waals surface area contributed by atoms with Crippen LogP contribution in [0.1, 0.15) is 35.7 Å². The Morgan fingerprint density at radius 1 is 1.56 bits per heavy atom. The summed E-state index contributed by atoms with van der Waals surface area (Å²) >= 11 is 5.67. The lowest BCUT2D eigenvalue weighted by Crippen LogP contribution is -2.34. The summed E-state index contributed by atoms with van der Waals surface area (Å²) < 4.78 is 0. The molecule has 1 rings (SSSR count). The van der Waals surface area contributed by atoms with Crippen LogP contribution >= 0.6 is 11.6 Å². The van der Waals surface area contributed by atoms with Crippen LogP contribution in [-0.4, -0.2) is 22.8 Å². The molecule has 1 aromatic rings. The molecule has 4 heteroatoms. The number of aromatic nitrogens is 1. The van der Waals surface area contributed by atoms with E-state index in [1.54, 1.807) is 12.4 Å². The molecule has 0 saturated carbocycles. The topological polar surface area (TPSA) is 42.0 Å². The van der Waals surface area contributed by atoms with Crippen LogP contribution in [0.25, 0.3) is 0 Å². The van der Waals surface area contributed by atoms with E-state index in [9.17, 15) is 4.79 Å². The van der Waals surface area contributed by atoms with Crippen LogP contribution < -0.4 is 5.32 Å². The zero-order chi connectivity index (χ0) is 12.0. The Morgan fingerprint density at radius 2 is 2.31 bits per heavy atom. The number of rotatable bonds is 5. The van der Waals surface area contributed by atoms with Crippen molar-refractivity contribution < 1.29 is 4.79 Å². The number of nitrogens with zero attached hydrogens (tertiary/aromatic N) is 1. The zero-order valence-electron chi connectivity index (χ0n) is 9.66. The smallest absolute Gasteiger partial charge is 0.253 e. The minimum atomic E-state index is -0.0758. The lowest BCUT2D eigenvalue weighted by molar-refractivity contribution is 0.0934. The highest BCUT2D eigenvalue weighted by Gasteiger charge is 2.11.